The van der Waals surface area contributed by atoms with E-state index in [2.05, 4.69) is 84.9 Å². The Balaban J connectivity index is 1.75. The summed E-state index contributed by atoms with van der Waals surface area (Å²) in [7, 11) is 0. The third-order valence-electron chi connectivity index (χ3n) is 5.94. The minimum atomic E-state index is -0.123. The number of phenols is 2. The fourth-order valence-electron chi connectivity index (χ4n) is 4.31. The van der Waals surface area contributed by atoms with E-state index in [1.54, 1.807) is 12.1 Å². The zero-order valence-corrected chi connectivity index (χ0v) is 18.6. The first-order valence-electron chi connectivity index (χ1n) is 11.2. The van der Waals surface area contributed by atoms with Crippen molar-refractivity contribution in [3.05, 3.63) is 156 Å². The predicted molar refractivity (Wildman–Crippen MR) is 140 cm³/mol. The average molecular weight is 441 g/mol. The zero-order chi connectivity index (χ0) is 23.3. The molecule has 0 fully saturated rings. The standard InChI is InChI=1S/C32H24O2/c33-29-18-10-17-28(32(29)34)23-19-21-27(22-20-23)31(26-15-8-3-9-16-26)30(24-11-4-1-5-12-24)25-13-6-2-7-14-25/h1-22,33-34H. The van der Waals surface area contributed by atoms with Gasteiger partial charge in [0.15, 0.2) is 11.5 Å². The molecule has 0 bridgehead atoms. The van der Waals surface area contributed by atoms with E-state index in [1.807, 2.05) is 30.3 Å². The molecular weight excluding hydrogens is 416 g/mol. The summed E-state index contributed by atoms with van der Waals surface area (Å²) in [6, 6.07) is 44.5. The summed E-state index contributed by atoms with van der Waals surface area (Å²) in [6.45, 7) is 0. The molecule has 0 heterocycles. The van der Waals surface area contributed by atoms with E-state index < -0.39 is 0 Å². The normalized spacial score (nSPS) is 10.6. The summed E-state index contributed by atoms with van der Waals surface area (Å²) in [5.74, 6) is -0.231. The molecule has 164 valence electrons. The molecule has 5 aromatic rings. The summed E-state index contributed by atoms with van der Waals surface area (Å²) in [5, 5.41) is 20.3. The Labute approximate surface area is 199 Å². The van der Waals surface area contributed by atoms with Crippen molar-refractivity contribution in [3.63, 3.8) is 0 Å². The Hall–Kier alpha value is -4.56. The summed E-state index contributed by atoms with van der Waals surface area (Å²) in [4.78, 5) is 0. The Morgan fingerprint density at radius 3 is 1.24 bits per heavy atom. The lowest BCUT2D eigenvalue weighted by molar-refractivity contribution is 0.405. The van der Waals surface area contributed by atoms with Crippen molar-refractivity contribution >= 4 is 11.1 Å². The highest BCUT2D eigenvalue weighted by atomic mass is 16.3. The van der Waals surface area contributed by atoms with Gasteiger partial charge >= 0.3 is 0 Å². The van der Waals surface area contributed by atoms with Crippen LogP contribution in [0.15, 0.2) is 133 Å². The highest BCUT2D eigenvalue weighted by Crippen LogP contribution is 2.39. The number of aromatic hydroxyl groups is 2. The van der Waals surface area contributed by atoms with Crippen molar-refractivity contribution in [2.45, 2.75) is 0 Å². The fraction of sp³-hybridized carbons (Fsp3) is 0. The van der Waals surface area contributed by atoms with Crippen LogP contribution in [0.3, 0.4) is 0 Å². The highest BCUT2D eigenvalue weighted by molar-refractivity contribution is 6.04. The molecule has 0 unspecified atom stereocenters. The van der Waals surface area contributed by atoms with Crippen molar-refractivity contribution in [3.8, 4) is 22.6 Å². The molecule has 0 radical (unpaired) electrons. The van der Waals surface area contributed by atoms with Crippen LogP contribution in [0.4, 0.5) is 0 Å². The molecule has 0 aliphatic carbocycles. The Morgan fingerprint density at radius 1 is 0.382 bits per heavy atom. The van der Waals surface area contributed by atoms with Crippen LogP contribution in [-0.4, -0.2) is 10.2 Å². The van der Waals surface area contributed by atoms with E-state index in [0.29, 0.717) is 5.56 Å². The molecule has 0 aromatic heterocycles. The smallest absolute Gasteiger partial charge is 0.165 e. The number of hydrogen-bond donors (Lipinski definition) is 2. The maximum atomic E-state index is 10.3. The first-order chi connectivity index (χ1) is 16.7. The predicted octanol–water partition coefficient (Wildman–Crippen LogP) is 7.77. The van der Waals surface area contributed by atoms with Gasteiger partial charge in [0.1, 0.15) is 0 Å². The lowest BCUT2D eigenvalue weighted by Crippen LogP contribution is -1.97. The molecule has 34 heavy (non-hydrogen) atoms. The van der Waals surface area contributed by atoms with E-state index >= 15 is 0 Å². The van der Waals surface area contributed by atoms with Gasteiger partial charge in [-0.2, -0.15) is 0 Å². The second kappa shape index (κ2) is 9.51. The van der Waals surface area contributed by atoms with Crippen LogP contribution in [0.1, 0.15) is 22.3 Å². The maximum absolute atomic E-state index is 10.3. The average Bonchev–Trinajstić information content (AvgIpc) is 2.90. The first-order valence-corrected chi connectivity index (χ1v) is 11.2. The van der Waals surface area contributed by atoms with Crippen LogP contribution >= 0.6 is 0 Å². The van der Waals surface area contributed by atoms with Crippen molar-refractivity contribution < 1.29 is 10.2 Å². The van der Waals surface area contributed by atoms with Crippen LogP contribution in [0.5, 0.6) is 11.5 Å². The van der Waals surface area contributed by atoms with Crippen LogP contribution in [0.25, 0.3) is 22.3 Å². The van der Waals surface area contributed by atoms with Gasteiger partial charge in [-0.25, -0.2) is 0 Å². The van der Waals surface area contributed by atoms with E-state index in [9.17, 15) is 10.2 Å². The number of hydrogen-bond acceptors (Lipinski definition) is 2. The summed E-state index contributed by atoms with van der Waals surface area (Å²) < 4.78 is 0. The molecular formula is C32H24O2. The SMILES string of the molecule is Oc1cccc(-c2ccc(C(=C(c3ccccc3)c3ccccc3)c3ccccc3)cc2)c1O. The molecule has 2 N–H and O–H groups in total. The number of para-hydroxylation sites is 1. The fourth-order valence-corrected chi connectivity index (χ4v) is 4.31. The Morgan fingerprint density at radius 2 is 0.794 bits per heavy atom. The monoisotopic (exact) mass is 440 g/mol. The van der Waals surface area contributed by atoms with Crippen molar-refractivity contribution in [2.75, 3.05) is 0 Å². The molecule has 0 amide bonds. The van der Waals surface area contributed by atoms with Gasteiger partial charge in [-0.1, -0.05) is 127 Å². The zero-order valence-electron chi connectivity index (χ0n) is 18.6. The van der Waals surface area contributed by atoms with Gasteiger partial charge < -0.3 is 10.2 Å². The van der Waals surface area contributed by atoms with E-state index in [0.717, 1.165) is 39.0 Å². The van der Waals surface area contributed by atoms with Crippen molar-refractivity contribution in [1.29, 1.82) is 0 Å². The third kappa shape index (κ3) is 4.22. The summed E-state index contributed by atoms with van der Waals surface area (Å²) >= 11 is 0. The molecule has 5 rings (SSSR count). The molecule has 0 saturated heterocycles. The molecule has 2 heteroatoms. The van der Waals surface area contributed by atoms with Crippen molar-refractivity contribution in [1.82, 2.24) is 0 Å². The van der Waals surface area contributed by atoms with Gasteiger partial charge in [0.2, 0.25) is 0 Å². The van der Waals surface area contributed by atoms with Gasteiger partial charge in [0, 0.05) is 5.56 Å². The molecule has 0 spiro atoms. The van der Waals surface area contributed by atoms with Gasteiger partial charge in [-0.05, 0) is 45.0 Å². The van der Waals surface area contributed by atoms with Crippen molar-refractivity contribution in [2.24, 2.45) is 0 Å². The van der Waals surface area contributed by atoms with Crippen LogP contribution < -0.4 is 0 Å². The van der Waals surface area contributed by atoms with Crippen LogP contribution in [0, 0.1) is 0 Å². The number of rotatable bonds is 5. The molecule has 0 aliphatic rings. The topological polar surface area (TPSA) is 40.5 Å². The molecule has 0 aliphatic heterocycles. The number of phenolic OH excluding ortho intramolecular Hbond substituents is 2. The molecule has 2 nitrogen and oxygen atoms in total. The molecule has 0 atom stereocenters. The number of benzene rings is 5. The van der Waals surface area contributed by atoms with E-state index in [4.69, 9.17) is 0 Å². The second-order valence-corrected chi connectivity index (χ2v) is 8.10. The lowest BCUT2D eigenvalue weighted by Gasteiger charge is -2.18. The quantitative estimate of drug-likeness (QED) is 0.216. The summed E-state index contributed by atoms with van der Waals surface area (Å²) in [6.07, 6.45) is 0. The van der Waals surface area contributed by atoms with Gasteiger partial charge in [-0.15, -0.1) is 0 Å². The Kier molecular flexibility index (Phi) is 5.96. The van der Waals surface area contributed by atoms with E-state index in [1.165, 1.54) is 6.07 Å². The highest BCUT2D eigenvalue weighted by Gasteiger charge is 2.16. The first kappa shape index (κ1) is 21.3. The maximum Gasteiger partial charge on any atom is 0.165 e. The van der Waals surface area contributed by atoms with Crippen LogP contribution in [-0.2, 0) is 0 Å². The Bertz CT molecular complexity index is 1380. The van der Waals surface area contributed by atoms with Gasteiger partial charge in [0.05, 0.1) is 0 Å². The van der Waals surface area contributed by atoms with E-state index in [-0.39, 0.29) is 11.5 Å². The molecule has 0 saturated carbocycles. The third-order valence-corrected chi connectivity index (χ3v) is 5.94. The second-order valence-electron chi connectivity index (χ2n) is 8.10. The van der Waals surface area contributed by atoms with Gasteiger partial charge in [-0.3, -0.25) is 0 Å². The summed E-state index contributed by atoms with van der Waals surface area (Å²) in [5.41, 5.74) is 8.19. The van der Waals surface area contributed by atoms with Gasteiger partial charge in [0.25, 0.3) is 0 Å². The lowest BCUT2D eigenvalue weighted by atomic mass is 9.85. The van der Waals surface area contributed by atoms with Crippen LogP contribution in [0.2, 0.25) is 0 Å². The largest absolute Gasteiger partial charge is 0.504 e. The minimum absolute atomic E-state index is 0.108. The molecule has 5 aromatic carbocycles. The minimum Gasteiger partial charge on any atom is -0.504 e.